The first-order chi connectivity index (χ1) is 32.5. The number of hydrogen-bond acceptors (Lipinski definition) is 5. The van der Waals surface area contributed by atoms with Gasteiger partial charge in [-0.1, -0.05) is 296 Å². The number of aliphatic hydroxyl groups is 1. The molecular weight excluding hydrogens is 852 g/mol. The van der Waals surface area contributed by atoms with Crippen LogP contribution in [0.3, 0.4) is 0 Å². The van der Waals surface area contributed by atoms with Crippen molar-refractivity contribution in [1.82, 2.24) is 5.32 Å². The van der Waals surface area contributed by atoms with E-state index < -0.39 is 20.0 Å². The highest BCUT2D eigenvalue weighted by atomic mass is 31.2. The van der Waals surface area contributed by atoms with E-state index >= 15 is 0 Å². The molecule has 1 amide bonds. The van der Waals surface area contributed by atoms with Gasteiger partial charge >= 0.3 is 7.82 Å². The van der Waals surface area contributed by atoms with Gasteiger partial charge in [0.15, 0.2) is 0 Å². The van der Waals surface area contributed by atoms with Gasteiger partial charge in [0, 0.05) is 6.42 Å². The van der Waals surface area contributed by atoms with E-state index in [-0.39, 0.29) is 19.1 Å². The lowest BCUT2D eigenvalue weighted by Gasteiger charge is -2.26. The highest BCUT2D eigenvalue weighted by molar-refractivity contribution is 7.47. The number of nitrogens with zero attached hydrogens (tertiary/aromatic N) is 1. The number of hydrogen-bond donors (Lipinski definition) is 3. The Morgan fingerprint density at radius 3 is 1.00 bits per heavy atom. The first kappa shape index (κ1) is 66.5. The van der Waals surface area contributed by atoms with Gasteiger partial charge in [-0.25, -0.2) is 4.57 Å². The quantitative estimate of drug-likeness (QED) is 0.0319. The second kappa shape index (κ2) is 50.4. The van der Waals surface area contributed by atoms with Crippen molar-refractivity contribution in [3.05, 3.63) is 0 Å². The molecule has 0 bridgehead atoms. The van der Waals surface area contributed by atoms with Crippen molar-refractivity contribution in [3.63, 3.8) is 0 Å². The SMILES string of the molecule is CCCCCCCCCCCCCCCCCCCCCCCCCCCCCCC(=O)N[C@@H](COP(=O)(O)OCC[N+](C)(C)C)[C@H](O)CCCCCCCCCCCCCCCCCCC. The molecule has 0 fully saturated rings. The molecule has 67 heavy (non-hydrogen) atoms. The molecule has 1 unspecified atom stereocenters. The summed E-state index contributed by atoms with van der Waals surface area (Å²) in [6.45, 7) is 4.95. The Kier molecular flexibility index (Phi) is 50.1. The summed E-state index contributed by atoms with van der Waals surface area (Å²) < 4.78 is 23.8. The van der Waals surface area contributed by atoms with Crippen LogP contribution in [-0.2, 0) is 18.4 Å². The summed E-state index contributed by atoms with van der Waals surface area (Å²) in [5, 5.41) is 14.1. The number of carbonyl (C=O) groups excluding carboxylic acids is 1. The minimum Gasteiger partial charge on any atom is -0.391 e. The topological polar surface area (TPSA) is 105 Å². The molecule has 0 radical (unpaired) electrons. The average Bonchev–Trinajstić information content (AvgIpc) is 3.29. The fourth-order valence-corrected chi connectivity index (χ4v) is 10.1. The van der Waals surface area contributed by atoms with Crippen LogP contribution in [0.2, 0.25) is 0 Å². The molecule has 0 saturated heterocycles. The van der Waals surface area contributed by atoms with Crippen molar-refractivity contribution in [2.75, 3.05) is 40.9 Å². The molecule has 3 atom stereocenters. The summed E-state index contributed by atoms with van der Waals surface area (Å²) in [4.78, 5) is 23.3. The lowest BCUT2D eigenvalue weighted by molar-refractivity contribution is -0.870. The molecule has 0 spiro atoms. The number of unbranched alkanes of at least 4 members (excludes halogenated alkanes) is 43. The summed E-state index contributed by atoms with van der Waals surface area (Å²) in [6, 6.07) is -0.755. The Morgan fingerprint density at radius 2 is 0.716 bits per heavy atom. The van der Waals surface area contributed by atoms with Crippen LogP contribution in [0, 0.1) is 0 Å². The van der Waals surface area contributed by atoms with E-state index in [0.29, 0.717) is 23.9 Å². The standard InChI is InChI=1S/C58H119N2O6P/c1-6-8-10-12-14-16-18-20-22-24-25-26-27-28-29-30-31-32-33-34-36-38-40-42-44-46-48-50-52-58(62)59-56(55-66-67(63,64)65-54-53-60(3,4)5)57(61)51-49-47-45-43-41-39-37-35-23-21-19-17-15-13-11-9-7-2/h56-57,61H,6-55H2,1-5H3,(H-,59,62,63,64)/p+1/t56-,57+/m0/s1. The van der Waals surface area contributed by atoms with E-state index in [0.717, 1.165) is 38.5 Å². The van der Waals surface area contributed by atoms with Gasteiger partial charge in [0.05, 0.1) is 39.9 Å². The van der Waals surface area contributed by atoms with Crippen molar-refractivity contribution >= 4 is 13.7 Å². The molecule has 0 aromatic heterocycles. The summed E-state index contributed by atoms with van der Waals surface area (Å²) in [7, 11) is 1.64. The first-order valence-corrected chi connectivity index (χ1v) is 31.4. The van der Waals surface area contributed by atoms with Gasteiger partial charge in [-0.3, -0.25) is 13.8 Å². The number of likely N-dealkylation sites (N-methyl/N-ethyl adjacent to an activating group) is 1. The van der Waals surface area contributed by atoms with Crippen molar-refractivity contribution < 1.29 is 32.9 Å². The van der Waals surface area contributed by atoms with Gasteiger partial charge in [-0.2, -0.15) is 0 Å². The van der Waals surface area contributed by atoms with Crippen molar-refractivity contribution in [2.45, 2.75) is 328 Å². The Morgan fingerprint density at radius 1 is 0.448 bits per heavy atom. The third-order valence-corrected chi connectivity index (χ3v) is 15.1. The molecule has 402 valence electrons. The van der Waals surface area contributed by atoms with E-state index in [9.17, 15) is 19.4 Å². The van der Waals surface area contributed by atoms with E-state index in [1.165, 1.54) is 250 Å². The predicted molar refractivity (Wildman–Crippen MR) is 291 cm³/mol. The molecule has 8 nitrogen and oxygen atoms in total. The van der Waals surface area contributed by atoms with Gasteiger partial charge in [-0.15, -0.1) is 0 Å². The summed E-state index contributed by atoms with van der Waals surface area (Å²) in [5.74, 6) is -0.136. The van der Waals surface area contributed by atoms with Crippen LogP contribution in [0.5, 0.6) is 0 Å². The molecule has 0 rings (SSSR count). The predicted octanol–water partition coefficient (Wildman–Crippen LogP) is 18.0. The van der Waals surface area contributed by atoms with Crippen LogP contribution in [-0.4, -0.2) is 73.4 Å². The highest BCUT2D eigenvalue weighted by Crippen LogP contribution is 2.43. The lowest BCUT2D eigenvalue weighted by atomic mass is 10.0. The van der Waals surface area contributed by atoms with Crippen LogP contribution < -0.4 is 5.32 Å². The smallest absolute Gasteiger partial charge is 0.391 e. The molecular formula is C58H120N2O6P+. The normalized spacial score (nSPS) is 13.8. The Bertz CT molecular complexity index is 1060. The second-order valence-electron chi connectivity index (χ2n) is 22.1. The number of aliphatic hydroxyl groups excluding tert-OH is 1. The Balaban J connectivity index is 4.04. The molecule has 0 aromatic rings. The van der Waals surface area contributed by atoms with Gasteiger partial charge in [0.2, 0.25) is 5.91 Å². The minimum atomic E-state index is -4.32. The number of amides is 1. The molecule has 0 aliphatic carbocycles. The van der Waals surface area contributed by atoms with Crippen LogP contribution in [0.1, 0.15) is 316 Å². The average molecular weight is 973 g/mol. The van der Waals surface area contributed by atoms with Gasteiger partial charge in [0.1, 0.15) is 13.2 Å². The number of carbonyl (C=O) groups is 1. The zero-order chi connectivity index (χ0) is 49.2. The summed E-state index contributed by atoms with van der Waals surface area (Å²) in [5.41, 5.74) is 0. The van der Waals surface area contributed by atoms with Gasteiger partial charge in [-0.05, 0) is 12.8 Å². The summed E-state index contributed by atoms with van der Waals surface area (Å²) in [6.07, 6.45) is 60.2. The third kappa shape index (κ3) is 53.1. The lowest BCUT2D eigenvalue weighted by Crippen LogP contribution is -2.46. The fourth-order valence-electron chi connectivity index (χ4n) is 9.40. The van der Waals surface area contributed by atoms with Crippen molar-refractivity contribution in [1.29, 1.82) is 0 Å². The van der Waals surface area contributed by atoms with E-state index in [2.05, 4.69) is 19.2 Å². The number of rotatable bonds is 56. The fraction of sp³-hybridized carbons (Fsp3) is 0.983. The van der Waals surface area contributed by atoms with Gasteiger partial charge in [0.25, 0.3) is 0 Å². The summed E-state index contributed by atoms with van der Waals surface area (Å²) >= 11 is 0. The highest BCUT2D eigenvalue weighted by Gasteiger charge is 2.28. The number of quaternary nitrogens is 1. The Labute approximate surface area is 419 Å². The molecule has 9 heteroatoms. The number of phosphoric acid groups is 1. The monoisotopic (exact) mass is 972 g/mol. The maximum atomic E-state index is 13.0. The van der Waals surface area contributed by atoms with Crippen LogP contribution >= 0.6 is 7.82 Å². The first-order valence-electron chi connectivity index (χ1n) is 29.9. The van der Waals surface area contributed by atoms with Crippen molar-refractivity contribution in [3.8, 4) is 0 Å². The maximum absolute atomic E-state index is 13.0. The zero-order valence-corrected chi connectivity index (χ0v) is 46.8. The molecule has 0 saturated carbocycles. The molecule has 3 N–H and O–H groups in total. The zero-order valence-electron chi connectivity index (χ0n) is 45.9. The molecule has 0 aliphatic rings. The van der Waals surface area contributed by atoms with Crippen molar-refractivity contribution in [2.24, 2.45) is 0 Å². The van der Waals surface area contributed by atoms with Gasteiger partial charge < -0.3 is 19.8 Å². The van der Waals surface area contributed by atoms with E-state index in [1.807, 2.05) is 21.1 Å². The maximum Gasteiger partial charge on any atom is 0.472 e. The number of phosphoric ester groups is 1. The largest absolute Gasteiger partial charge is 0.472 e. The third-order valence-electron chi connectivity index (χ3n) is 14.1. The molecule has 0 aromatic carbocycles. The number of nitrogens with one attached hydrogen (secondary N) is 1. The van der Waals surface area contributed by atoms with Crippen LogP contribution in [0.25, 0.3) is 0 Å². The second-order valence-corrected chi connectivity index (χ2v) is 23.5. The molecule has 0 aliphatic heterocycles. The van der Waals surface area contributed by atoms with Crippen LogP contribution in [0.15, 0.2) is 0 Å². The Hall–Kier alpha value is -0.500. The van der Waals surface area contributed by atoms with Crippen LogP contribution in [0.4, 0.5) is 0 Å². The minimum absolute atomic E-state index is 0.0791. The molecule has 0 heterocycles. The van der Waals surface area contributed by atoms with E-state index in [1.54, 1.807) is 0 Å². The van der Waals surface area contributed by atoms with E-state index in [4.69, 9.17) is 9.05 Å².